The van der Waals surface area contributed by atoms with Crippen LogP contribution in [-0.2, 0) is 33.3 Å². The molecule has 0 spiro atoms. The Labute approximate surface area is 235 Å². The average Bonchev–Trinajstić information content (AvgIpc) is 3.53. The second-order valence-electron chi connectivity index (χ2n) is 8.10. The molecule has 2 aromatic heterocycles. The van der Waals surface area contributed by atoms with Gasteiger partial charge in [0.05, 0.1) is 11.2 Å². The highest BCUT2D eigenvalue weighted by molar-refractivity contribution is 8.00. The number of hydrogen-bond donors (Lipinski definition) is 0. The van der Waals surface area contributed by atoms with Crippen molar-refractivity contribution in [2.75, 3.05) is 6.61 Å². The third kappa shape index (κ3) is 6.83. The molecular weight excluding hydrogens is 579 g/mol. The van der Waals surface area contributed by atoms with Crippen molar-refractivity contribution in [3.8, 4) is 10.7 Å². The molecule has 1 fully saturated rings. The van der Waals surface area contributed by atoms with E-state index < -0.39 is 47.7 Å². The van der Waals surface area contributed by atoms with Crippen LogP contribution in [0.4, 0.5) is 0 Å². The van der Waals surface area contributed by atoms with Gasteiger partial charge in [0.25, 0.3) is 0 Å². The maximum absolute atomic E-state index is 12.3. The molecule has 38 heavy (non-hydrogen) atoms. The first kappa shape index (κ1) is 28.3. The molecule has 0 N–H and O–H groups in total. The number of carbonyl (C=O) groups is 3. The van der Waals surface area contributed by atoms with Gasteiger partial charge < -0.3 is 18.9 Å². The third-order valence-electron chi connectivity index (χ3n) is 5.28. The maximum atomic E-state index is 12.3. The maximum Gasteiger partial charge on any atom is 0.303 e. The number of thiazole rings is 1. The molecule has 202 valence electrons. The summed E-state index contributed by atoms with van der Waals surface area (Å²) in [6, 6.07) is 3.99. The average molecular weight is 601 g/mol. The van der Waals surface area contributed by atoms with E-state index in [1.807, 2.05) is 0 Å². The Morgan fingerprint density at radius 1 is 1.11 bits per heavy atom. The Morgan fingerprint density at radius 2 is 1.84 bits per heavy atom. The van der Waals surface area contributed by atoms with Crippen LogP contribution < -0.4 is 0 Å². The lowest BCUT2D eigenvalue weighted by Crippen LogP contribution is -2.57. The summed E-state index contributed by atoms with van der Waals surface area (Å²) in [6.07, 6.45) is 0.166. The minimum absolute atomic E-state index is 0.245. The van der Waals surface area contributed by atoms with Gasteiger partial charge in [-0.2, -0.15) is 0 Å². The van der Waals surface area contributed by atoms with Gasteiger partial charge in [0.1, 0.15) is 34.9 Å². The summed E-state index contributed by atoms with van der Waals surface area (Å²) >= 11 is 15.1. The van der Waals surface area contributed by atoms with E-state index >= 15 is 0 Å². The van der Waals surface area contributed by atoms with Crippen molar-refractivity contribution in [3.63, 3.8) is 0 Å². The van der Waals surface area contributed by atoms with E-state index in [2.05, 4.69) is 15.3 Å². The first-order chi connectivity index (χ1) is 18.1. The molecule has 0 amide bonds. The lowest BCUT2D eigenvalue weighted by atomic mass is 9.96. The van der Waals surface area contributed by atoms with Gasteiger partial charge in [0.15, 0.2) is 12.2 Å². The van der Waals surface area contributed by atoms with Crippen LogP contribution in [0.3, 0.4) is 0 Å². The monoisotopic (exact) mass is 600 g/mol. The smallest absolute Gasteiger partial charge is 0.303 e. The Bertz CT molecular complexity index is 1310. The Hall–Kier alpha value is -2.71. The Morgan fingerprint density at radius 3 is 2.50 bits per heavy atom. The fourth-order valence-electron chi connectivity index (χ4n) is 3.84. The molecule has 3 heterocycles. The second kappa shape index (κ2) is 12.4. The molecule has 0 aliphatic carbocycles. The van der Waals surface area contributed by atoms with Gasteiger partial charge in [0, 0.05) is 42.3 Å². The first-order valence-electron chi connectivity index (χ1n) is 11.2. The summed E-state index contributed by atoms with van der Waals surface area (Å²) in [5, 5.41) is 11.7. The Balaban J connectivity index is 1.80. The van der Waals surface area contributed by atoms with Crippen LogP contribution in [0.2, 0.25) is 10.0 Å². The van der Waals surface area contributed by atoms with Crippen LogP contribution in [0.5, 0.6) is 0 Å². The van der Waals surface area contributed by atoms with Crippen molar-refractivity contribution in [3.05, 3.63) is 46.0 Å². The molecule has 4 rings (SSSR count). The summed E-state index contributed by atoms with van der Waals surface area (Å²) in [7, 11) is 0. The van der Waals surface area contributed by atoms with Gasteiger partial charge in [-0.15, -0.1) is 16.4 Å². The minimum Gasteiger partial charge on any atom is -0.463 e. The van der Waals surface area contributed by atoms with Gasteiger partial charge in [-0.1, -0.05) is 40.2 Å². The first-order valence-corrected chi connectivity index (χ1v) is 13.7. The van der Waals surface area contributed by atoms with Crippen LogP contribution in [0.1, 0.15) is 26.8 Å². The van der Waals surface area contributed by atoms with Gasteiger partial charge in [-0.25, -0.2) is 9.67 Å². The molecule has 0 bridgehead atoms. The zero-order chi connectivity index (χ0) is 27.4. The molecule has 3 aromatic rings. The zero-order valence-corrected chi connectivity index (χ0v) is 23.4. The number of aromatic nitrogens is 4. The van der Waals surface area contributed by atoms with Gasteiger partial charge in [0.2, 0.25) is 0 Å². The standard InChI is InChI=1S/C23H22Cl2N4O7S2/c1-11(30)33-10-17-20(34-12(2)31)19(29-9-16(27-28-29)22-26-6-7-37-22)21(35-13(3)32)23(36-17)38-18-8-14(24)4-5-15(18)25/h4-9,17,19-21,23H,10H2,1-3H3/t17?,19?,20-,21?,23+/m0/s1. The fraction of sp³-hybridized carbons (Fsp3) is 0.391. The number of carbonyl (C=O) groups excluding carboxylic acids is 3. The highest BCUT2D eigenvalue weighted by Gasteiger charge is 2.52. The van der Waals surface area contributed by atoms with Crippen LogP contribution in [-0.4, -0.2) is 68.2 Å². The van der Waals surface area contributed by atoms with E-state index in [0.717, 1.165) is 11.8 Å². The summed E-state index contributed by atoms with van der Waals surface area (Å²) in [4.78, 5) is 40.9. The predicted molar refractivity (Wildman–Crippen MR) is 139 cm³/mol. The lowest BCUT2D eigenvalue weighted by Gasteiger charge is -2.44. The fourth-order valence-corrected chi connectivity index (χ4v) is 6.09. The molecule has 1 aliphatic heterocycles. The zero-order valence-electron chi connectivity index (χ0n) is 20.3. The summed E-state index contributed by atoms with van der Waals surface area (Å²) < 4.78 is 24.3. The molecule has 1 saturated heterocycles. The molecule has 0 radical (unpaired) electrons. The highest BCUT2D eigenvalue weighted by Crippen LogP contribution is 2.43. The van der Waals surface area contributed by atoms with E-state index in [-0.39, 0.29) is 6.61 Å². The number of nitrogens with zero attached hydrogens (tertiary/aromatic N) is 4. The molecule has 0 saturated carbocycles. The summed E-state index contributed by atoms with van der Waals surface area (Å²) in [6.45, 7) is 3.48. The van der Waals surface area contributed by atoms with Gasteiger partial charge in [-0.05, 0) is 18.2 Å². The summed E-state index contributed by atoms with van der Waals surface area (Å²) in [5.41, 5.74) is -0.437. The summed E-state index contributed by atoms with van der Waals surface area (Å²) in [5.74, 6) is -1.78. The lowest BCUT2D eigenvalue weighted by molar-refractivity contribution is -0.212. The van der Waals surface area contributed by atoms with Crippen molar-refractivity contribution >= 4 is 64.2 Å². The van der Waals surface area contributed by atoms with Crippen molar-refractivity contribution in [1.29, 1.82) is 0 Å². The normalized spacial score (nSPS) is 23.0. The number of ether oxygens (including phenoxy) is 4. The molecule has 15 heteroatoms. The van der Waals surface area contributed by atoms with Crippen LogP contribution in [0.15, 0.2) is 40.9 Å². The predicted octanol–water partition coefficient (Wildman–Crippen LogP) is 4.19. The Kier molecular flexibility index (Phi) is 9.26. The quantitative estimate of drug-likeness (QED) is 0.272. The molecule has 11 nitrogen and oxygen atoms in total. The van der Waals surface area contributed by atoms with Crippen LogP contribution in [0, 0.1) is 0 Å². The molecule has 1 aromatic carbocycles. The number of esters is 3. The van der Waals surface area contributed by atoms with Crippen molar-refractivity contribution in [1.82, 2.24) is 20.0 Å². The van der Waals surface area contributed by atoms with Crippen molar-refractivity contribution in [2.24, 2.45) is 0 Å². The number of halogens is 2. The van der Waals surface area contributed by atoms with Crippen molar-refractivity contribution < 1.29 is 33.3 Å². The molecule has 5 atom stereocenters. The third-order valence-corrected chi connectivity index (χ3v) is 7.95. The molecule has 1 aliphatic rings. The van der Waals surface area contributed by atoms with Crippen LogP contribution >= 0.6 is 46.3 Å². The molecular formula is C23H22Cl2N4O7S2. The van der Waals surface area contributed by atoms with E-state index in [9.17, 15) is 14.4 Å². The van der Waals surface area contributed by atoms with Crippen molar-refractivity contribution in [2.45, 2.75) is 55.5 Å². The number of hydrogen-bond acceptors (Lipinski definition) is 12. The number of thioether (sulfide) groups is 1. The minimum atomic E-state index is -1.08. The van der Waals surface area contributed by atoms with E-state index in [4.69, 9.17) is 42.1 Å². The van der Waals surface area contributed by atoms with Gasteiger partial charge >= 0.3 is 17.9 Å². The molecule has 3 unspecified atom stereocenters. The van der Waals surface area contributed by atoms with E-state index in [0.29, 0.717) is 25.6 Å². The highest BCUT2D eigenvalue weighted by atomic mass is 35.5. The van der Waals surface area contributed by atoms with Crippen LogP contribution in [0.25, 0.3) is 10.7 Å². The largest absolute Gasteiger partial charge is 0.463 e. The number of benzene rings is 1. The second-order valence-corrected chi connectivity index (χ2v) is 11.0. The van der Waals surface area contributed by atoms with Gasteiger partial charge in [-0.3, -0.25) is 14.4 Å². The topological polar surface area (TPSA) is 132 Å². The number of rotatable bonds is 8. The van der Waals surface area contributed by atoms with E-state index in [1.54, 1.807) is 36.0 Å². The SMILES string of the molecule is CC(=O)OCC1O[C@H](Sc2cc(Cl)ccc2Cl)C(OC(C)=O)C(n2cc(-c3nccs3)nn2)[C@H]1OC(C)=O. The van der Waals surface area contributed by atoms with E-state index in [1.165, 1.54) is 36.8 Å².